The zero-order valence-corrected chi connectivity index (χ0v) is 40.8. The summed E-state index contributed by atoms with van der Waals surface area (Å²) in [5.74, 6) is 0.955. The van der Waals surface area contributed by atoms with Crippen LogP contribution in [0.5, 0.6) is 11.5 Å². The molecule has 4 heterocycles. The number of rotatable bonds is 28. The fraction of sp³-hybridized carbons (Fsp3) is 0.562. The van der Waals surface area contributed by atoms with Crippen LogP contribution in [-0.2, 0) is 41.3 Å². The van der Waals surface area contributed by atoms with Crippen molar-refractivity contribution >= 4 is 41.2 Å². The predicted octanol–water partition coefficient (Wildman–Crippen LogP) is 7.08. The van der Waals surface area contributed by atoms with Gasteiger partial charge in [0.2, 0.25) is 0 Å². The number of ether oxygens (including phenoxy) is 8. The summed E-state index contributed by atoms with van der Waals surface area (Å²) in [6.45, 7) is 13.8. The van der Waals surface area contributed by atoms with Gasteiger partial charge in [-0.15, -0.1) is 17.1 Å². The minimum Gasteiger partial charge on any atom is -0.678 e. The van der Waals surface area contributed by atoms with Crippen molar-refractivity contribution in [3.63, 3.8) is 0 Å². The molecule has 0 saturated heterocycles. The number of aliphatic imine (C=N–C) groups is 3. The molecule has 64 heavy (non-hydrogen) atoms. The summed E-state index contributed by atoms with van der Waals surface area (Å²) in [5.41, 5.74) is 12.6. The SMILES string of the molecule is CCc1c2[n-]c(c1CC)/C=C1\N=C(C[N-]c3cc(OCCOCCOCCOC)c(OCCOCCOCCOC)cc3N=CC3=N/C(=C\2)C(CCCO)=C3C)C(C)=C1CCCO.[Gd+2]. The molecule has 15 nitrogen and oxygen atoms in total. The maximum absolute atomic E-state index is 9.86. The molecule has 0 amide bonds. The van der Waals surface area contributed by atoms with Gasteiger partial charge in [0.05, 0.1) is 95.1 Å². The molecule has 3 aliphatic rings. The molecule has 0 fully saturated rings. The van der Waals surface area contributed by atoms with Gasteiger partial charge in [-0.25, -0.2) is 4.99 Å². The van der Waals surface area contributed by atoms with E-state index in [2.05, 4.69) is 39.8 Å². The second kappa shape index (κ2) is 29.5. The zero-order valence-electron chi connectivity index (χ0n) is 38.5. The molecule has 0 unspecified atom stereocenters. The smallest absolute Gasteiger partial charge is 0.678 e. The van der Waals surface area contributed by atoms with Crippen LogP contribution in [0.3, 0.4) is 0 Å². The average molecular weight is 1030 g/mol. The third-order valence-corrected chi connectivity index (χ3v) is 10.8. The van der Waals surface area contributed by atoms with Crippen LogP contribution in [0.25, 0.3) is 17.5 Å². The van der Waals surface area contributed by atoms with E-state index in [1.165, 1.54) is 11.1 Å². The van der Waals surface area contributed by atoms with Gasteiger partial charge in [-0.2, -0.15) is 0 Å². The van der Waals surface area contributed by atoms with Crippen molar-refractivity contribution in [1.29, 1.82) is 0 Å². The van der Waals surface area contributed by atoms with E-state index in [0.29, 0.717) is 115 Å². The first-order chi connectivity index (χ1) is 30.9. The fourth-order valence-corrected chi connectivity index (χ4v) is 7.45. The number of allylic oxidation sites excluding steroid dienone is 3. The summed E-state index contributed by atoms with van der Waals surface area (Å²) in [5, 5.41) is 24.8. The summed E-state index contributed by atoms with van der Waals surface area (Å²) in [7, 11) is 3.28. The van der Waals surface area contributed by atoms with Gasteiger partial charge in [0.1, 0.15) is 13.2 Å². The van der Waals surface area contributed by atoms with Gasteiger partial charge in [0.15, 0.2) is 11.5 Å². The second-order valence-corrected chi connectivity index (χ2v) is 15.0. The Labute approximate surface area is 411 Å². The van der Waals surface area contributed by atoms with Gasteiger partial charge in [-0.3, -0.25) is 9.98 Å². The first-order valence-corrected chi connectivity index (χ1v) is 22.2. The standard InChI is InChI=1S/C48H67N5O10.Gd/c1-7-35-36(8-2)40-28-42-38(12-10-14-55)34(4)46(53-42)32-50-44-30-48(63-26-24-61-22-20-59-18-16-57-6)47(62-25-23-60-21-19-58-17-15-56-5)29-43(44)49-31-45-33(3)37(11-9-13-54)41(52-45)27-39(35)51-40;/h27-31,54-55H,7-26,32H2,1-6H3;/q-2;+2/b41-27-,42-28-,49-31?;. The van der Waals surface area contributed by atoms with Crippen molar-refractivity contribution in [3.8, 4) is 11.5 Å². The van der Waals surface area contributed by atoms with Crippen LogP contribution in [0.4, 0.5) is 11.4 Å². The van der Waals surface area contributed by atoms with Crippen LogP contribution in [0.1, 0.15) is 75.9 Å². The zero-order chi connectivity index (χ0) is 44.8. The van der Waals surface area contributed by atoms with Crippen LogP contribution in [-0.4, -0.2) is 141 Å². The molecule has 2 aromatic rings. The summed E-state index contributed by atoms with van der Waals surface area (Å²) >= 11 is 0. The Kier molecular flexibility index (Phi) is 24.7. The molecule has 0 saturated carbocycles. The normalized spacial score (nSPS) is 16.4. The van der Waals surface area contributed by atoms with Crippen molar-refractivity contribution in [1.82, 2.24) is 4.98 Å². The average Bonchev–Trinajstić information content (AvgIpc) is 3.89. The minimum atomic E-state index is 0. The topological polar surface area (TPSA) is 180 Å². The Hall–Kier alpha value is -3.13. The summed E-state index contributed by atoms with van der Waals surface area (Å²) in [6.07, 6.45) is 10.1. The summed E-state index contributed by atoms with van der Waals surface area (Å²) in [4.78, 5) is 20.5. The Bertz CT molecular complexity index is 2020. The van der Waals surface area contributed by atoms with Gasteiger partial charge in [0, 0.05) is 39.2 Å². The third-order valence-electron chi connectivity index (χ3n) is 10.8. The molecule has 2 N–H and O–H groups in total. The molecule has 1 aromatic heterocycles. The number of nitrogens with zero attached hydrogens (tertiary/aromatic N) is 5. The quantitative estimate of drug-likeness (QED) is 0.0833. The van der Waals surface area contributed by atoms with E-state index >= 15 is 0 Å². The molecule has 6 bridgehead atoms. The Morgan fingerprint density at radius 2 is 1.11 bits per heavy atom. The van der Waals surface area contributed by atoms with Crippen LogP contribution in [0, 0.1) is 39.9 Å². The van der Waals surface area contributed by atoms with Crippen molar-refractivity contribution < 1.29 is 88.0 Å². The molecular formula is C48H67GdN5O10. The van der Waals surface area contributed by atoms with E-state index in [9.17, 15) is 10.2 Å². The van der Waals surface area contributed by atoms with Gasteiger partial charge in [-0.05, 0) is 80.7 Å². The van der Waals surface area contributed by atoms with Gasteiger partial charge in [-0.1, -0.05) is 43.7 Å². The second-order valence-electron chi connectivity index (χ2n) is 15.0. The monoisotopic (exact) mass is 1030 g/mol. The van der Waals surface area contributed by atoms with E-state index in [0.717, 1.165) is 69.3 Å². The molecule has 0 aliphatic carbocycles. The van der Waals surface area contributed by atoms with E-state index in [-0.39, 0.29) is 72.9 Å². The van der Waals surface area contributed by atoms with Crippen molar-refractivity contribution in [3.05, 3.63) is 73.7 Å². The van der Waals surface area contributed by atoms with E-state index < -0.39 is 0 Å². The first kappa shape index (κ1) is 53.5. The fourth-order valence-electron chi connectivity index (χ4n) is 7.45. The van der Waals surface area contributed by atoms with E-state index in [4.69, 9.17) is 63.2 Å². The van der Waals surface area contributed by atoms with E-state index in [1.54, 1.807) is 20.4 Å². The first-order valence-electron chi connectivity index (χ1n) is 22.2. The molecule has 0 atom stereocenters. The van der Waals surface area contributed by atoms with Gasteiger partial charge >= 0.3 is 39.9 Å². The predicted molar refractivity (Wildman–Crippen MR) is 248 cm³/mol. The molecule has 5 rings (SSSR count). The van der Waals surface area contributed by atoms with Crippen molar-refractivity contribution in [2.75, 3.05) is 113 Å². The van der Waals surface area contributed by atoms with E-state index in [1.807, 2.05) is 12.1 Å². The molecule has 352 valence electrons. The number of fused-ring (bicyclic) bond motifs is 5. The van der Waals surface area contributed by atoms with Crippen molar-refractivity contribution in [2.45, 2.75) is 66.2 Å². The van der Waals surface area contributed by atoms with Crippen LogP contribution in [0.2, 0.25) is 0 Å². The number of hydrogen-bond acceptors (Lipinski definition) is 13. The number of aromatic nitrogens is 1. The molecule has 3 aliphatic heterocycles. The number of methoxy groups -OCH3 is 2. The number of hydrogen-bond donors (Lipinski definition) is 2. The Morgan fingerprint density at radius 3 is 1.62 bits per heavy atom. The third kappa shape index (κ3) is 15.5. The summed E-state index contributed by atoms with van der Waals surface area (Å²) in [6, 6.07) is 3.68. The van der Waals surface area contributed by atoms with Gasteiger partial charge in [0.25, 0.3) is 0 Å². The van der Waals surface area contributed by atoms with Crippen LogP contribution < -0.4 is 14.5 Å². The molecule has 16 heteroatoms. The maximum atomic E-state index is 9.86. The Morgan fingerprint density at radius 1 is 0.625 bits per heavy atom. The molecule has 0 spiro atoms. The number of benzene rings is 1. The molecule has 0 radical (unpaired) electrons. The summed E-state index contributed by atoms with van der Waals surface area (Å²) < 4.78 is 45.3. The van der Waals surface area contributed by atoms with Gasteiger partial charge < -0.3 is 58.4 Å². The molecule has 1 aromatic carbocycles. The van der Waals surface area contributed by atoms with Crippen LogP contribution in [0.15, 0.2) is 60.8 Å². The number of aliphatic hydroxyl groups is 2. The number of aliphatic hydroxyl groups excluding tert-OH is 2. The maximum Gasteiger partial charge on any atom is 2.00 e. The van der Waals surface area contributed by atoms with Crippen molar-refractivity contribution in [2.24, 2.45) is 15.0 Å². The largest absolute Gasteiger partial charge is 2.00 e. The minimum absolute atomic E-state index is 0. The molecular weight excluding hydrogens is 964 g/mol. The Balaban J connectivity index is 0.00000898. The van der Waals surface area contributed by atoms with Crippen LogP contribution >= 0.6 is 0 Å².